The molecule has 0 radical (unpaired) electrons. The minimum absolute atomic E-state index is 0.117. The molecule has 0 saturated carbocycles. The summed E-state index contributed by atoms with van der Waals surface area (Å²) in [5.41, 5.74) is 0.553. The fourth-order valence-corrected chi connectivity index (χ4v) is 1.66. The molecule has 0 aliphatic heterocycles. The van der Waals surface area contributed by atoms with Crippen molar-refractivity contribution in [1.29, 1.82) is 0 Å². The largest absolute Gasteiger partial charge is 0.352 e. The predicted molar refractivity (Wildman–Crippen MR) is 68.8 cm³/mol. The van der Waals surface area contributed by atoms with Crippen LogP contribution in [-0.2, 0) is 0 Å². The van der Waals surface area contributed by atoms with Gasteiger partial charge in [0, 0.05) is 28.8 Å². The van der Waals surface area contributed by atoms with Crippen LogP contribution in [0.1, 0.15) is 30.1 Å². The molecule has 1 unspecified atom stereocenters. The molecule has 88 valence electrons. The van der Waals surface area contributed by atoms with E-state index in [2.05, 4.69) is 26.2 Å². The van der Waals surface area contributed by atoms with Crippen LogP contribution in [0.2, 0.25) is 0 Å². The van der Waals surface area contributed by atoms with E-state index < -0.39 is 0 Å². The Morgan fingerprint density at radius 3 is 3.00 bits per heavy atom. The molecule has 5 heteroatoms. The van der Waals surface area contributed by atoms with Gasteiger partial charge >= 0.3 is 0 Å². The number of halogens is 2. The van der Waals surface area contributed by atoms with Gasteiger partial charge in [0.15, 0.2) is 0 Å². The van der Waals surface area contributed by atoms with Gasteiger partial charge in [0.25, 0.3) is 5.91 Å². The molecule has 1 rings (SSSR count). The number of alkyl halides is 1. The molecule has 0 bridgehead atoms. The Labute approximate surface area is 109 Å². The molecule has 0 aliphatic rings. The SMILES string of the molecule is CCC(Cl)CCNC(=O)c1cncc(Br)c1. The summed E-state index contributed by atoms with van der Waals surface area (Å²) < 4.78 is 0.795. The monoisotopic (exact) mass is 304 g/mol. The number of carbonyl (C=O) groups excluding carboxylic acids is 1. The number of nitrogens with one attached hydrogen (secondary N) is 1. The first kappa shape index (κ1) is 13.5. The highest BCUT2D eigenvalue weighted by molar-refractivity contribution is 9.10. The van der Waals surface area contributed by atoms with Gasteiger partial charge in [-0.05, 0) is 34.8 Å². The summed E-state index contributed by atoms with van der Waals surface area (Å²) in [4.78, 5) is 15.6. The van der Waals surface area contributed by atoms with Gasteiger partial charge in [-0.1, -0.05) is 6.92 Å². The maximum atomic E-state index is 11.7. The van der Waals surface area contributed by atoms with E-state index in [0.717, 1.165) is 17.3 Å². The number of aromatic nitrogens is 1. The van der Waals surface area contributed by atoms with E-state index >= 15 is 0 Å². The van der Waals surface area contributed by atoms with Crippen LogP contribution in [0, 0.1) is 0 Å². The third-order valence-corrected chi connectivity index (χ3v) is 3.11. The standard InChI is InChI=1S/C11H14BrClN2O/c1-2-10(13)3-4-15-11(16)8-5-9(12)7-14-6-8/h5-7,10H,2-4H2,1H3,(H,15,16). The van der Waals surface area contributed by atoms with Gasteiger partial charge in [-0.2, -0.15) is 0 Å². The first-order chi connectivity index (χ1) is 7.63. The van der Waals surface area contributed by atoms with Crippen LogP contribution >= 0.6 is 27.5 Å². The number of rotatable bonds is 5. The Hall–Kier alpha value is -0.610. The smallest absolute Gasteiger partial charge is 0.252 e. The molecule has 1 aromatic heterocycles. The highest BCUT2D eigenvalue weighted by atomic mass is 79.9. The second-order valence-corrected chi connectivity index (χ2v) is 4.97. The maximum absolute atomic E-state index is 11.7. The molecule has 16 heavy (non-hydrogen) atoms. The van der Waals surface area contributed by atoms with Crippen LogP contribution in [0.3, 0.4) is 0 Å². The van der Waals surface area contributed by atoms with Gasteiger partial charge in [0.1, 0.15) is 0 Å². The third-order valence-electron chi connectivity index (χ3n) is 2.15. The molecule has 1 aromatic rings. The molecular formula is C11H14BrClN2O. The van der Waals surface area contributed by atoms with Crippen molar-refractivity contribution in [1.82, 2.24) is 10.3 Å². The molecule has 0 fully saturated rings. The molecule has 0 spiro atoms. The summed E-state index contributed by atoms with van der Waals surface area (Å²) in [6.07, 6.45) is 4.88. The van der Waals surface area contributed by atoms with Gasteiger partial charge in [-0.25, -0.2) is 0 Å². The van der Waals surface area contributed by atoms with Crippen molar-refractivity contribution in [3.63, 3.8) is 0 Å². The number of hydrogen-bond acceptors (Lipinski definition) is 2. The minimum Gasteiger partial charge on any atom is -0.352 e. The van der Waals surface area contributed by atoms with Gasteiger partial charge < -0.3 is 5.32 Å². The zero-order valence-electron chi connectivity index (χ0n) is 9.04. The predicted octanol–water partition coefficient (Wildman–Crippen LogP) is 2.98. The second-order valence-electron chi connectivity index (χ2n) is 3.44. The van der Waals surface area contributed by atoms with Crippen LogP contribution in [0.15, 0.2) is 22.9 Å². The number of pyridine rings is 1. The van der Waals surface area contributed by atoms with Gasteiger partial charge in [0.2, 0.25) is 0 Å². The molecule has 0 aromatic carbocycles. The van der Waals surface area contributed by atoms with Crippen molar-refractivity contribution in [3.05, 3.63) is 28.5 Å². The van der Waals surface area contributed by atoms with E-state index in [9.17, 15) is 4.79 Å². The van der Waals surface area contributed by atoms with Crippen LogP contribution < -0.4 is 5.32 Å². The summed E-state index contributed by atoms with van der Waals surface area (Å²) in [6, 6.07) is 1.74. The summed E-state index contributed by atoms with van der Waals surface area (Å²) in [5, 5.41) is 2.93. The summed E-state index contributed by atoms with van der Waals surface area (Å²) >= 11 is 9.22. The molecular weight excluding hydrogens is 291 g/mol. The highest BCUT2D eigenvalue weighted by Gasteiger charge is 2.07. The summed E-state index contributed by atoms with van der Waals surface area (Å²) in [6.45, 7) is 2.62. The zero-order chi connectivity index (χ0) is 12.0. The first-order valence-corrected chi connectivity index (χ1v) is 6.39. The number of amides is 1. The van der Waals surface area contributed by atoms with Crippen molar-refractivity contribution in [2.24, 2.45) is 0 Å². The van der Waals surface area contributed by atoms with Crippen molar-refractivity contribution in [3.8, 4) is 0 Å². The van der Waals surface area contributed by atoms with Gasteiger partial charge in [-0.3, -0.25) is 9.78 Å². The third kappa shape index (κ3) is 4.49. The van der Waals surface area contributed by atoms with E-state index in [1.54, 1.807) is 12.3 Å². The quantitative estimate of drug-likeness (QED) is 0.850. The number of hydrogen-bond donors (Lipinski definition) is 1. The van der Waals surface area contributed by atoms with Crippen LogP contribution in [-0.4, -0.2) is 22.8 Å². The van der Waals surface area contributed by atoms with Crippen molar-refractivity contribution >= 4 is 33.4 Å². The highest BCUT2D eigenvalue weighted by Crippen LogP contribution is 2.09. The lowest BCUT2D eigenvalue weighted by atomic mass is 10.2. The Bertz CT molecular complexity index is 360. The average Bonchev–Trinajstić information content (AvgIpc) is 2.28. The van der Waals surface area contributed by atoms with E-state index in [1.165, 1.54) is 6.20 Å². The van der Waals surface area contributed by atoms with Crippen molar-refractivity contribution < 1.29 is 4.79 Å². The topological polar surface area (TPSA) is 42.0 Å². The summed E-state index contributed by atoms with van der Waals surface area (Å²) in [5.74, 6) is -0.117. The van der Waals surface area contributed by atoms with Crippen molar-refractivity contribution in [2.75, 3.05) is 6.54 Å². The molecule has 1 heterocycles. The lowest BCUT2D eigenvalue weighted by Crippen LogP contribution is -2.26. The molecule has 0 aliphatic carbocycles. The van der Waals surface area contributed by atoms with Crippen LogP contribution in [0.4, 0.5) is 0 Å². The zero-order valence-corrected chi connectivity index (χ0v) is 11.4. The number of nitrogens with zero attached hydrogens (tertiary/aromatic N) is 1. The van der Waals surface area contributed by atoms with E-state index in [0.29, 0.717) is 12.1 Å². The van der Waals surface area contributed by atoms with Gasteiger partial charge in [-0.15, -0.1) is 11.6 Å². The van der Waals surface area contributed by atoms with Gasteiger partial charge in [0.05, 0.1) is 5.56 Å². The van der Waals surface area contributed by atoms with E-state index in [4.69, 9.17) is 11.6 Å². The lowest BCUT2D eigenvalue weighted by Gasteiger charge is -2.07. The molecule has 0 saturated heterocycles. The second kappa shape index (κ2) is 6.86. The Kier molecular flexibility index (Phi) is 5.77. The Morgan fingerprint density at radius 1 is 1.62 bits per heavy atom. The molecule has 1 N–H and O–H groups in total. The Balaban J connectivity index is 2.41. The van der Waals surface area contributed by atoms with Crippen LogP contribution in [0.5, 0.6) is 0 Å². The fraction of sp³-hybridized carbons (Fsp3) is 0.455. The van der Waals surface area contributed by atoms with Crippen molar-refractivity contribution in [2.45, 2.75) is 25.1 Å². The fourth-order valence-electron chi connectivity index (χ4n) is 1.18. The van der Waals surface area contributed by atoms with E-state index in [1.807, 2.05) is 6.92 Å². The van der Waals surface area contributed by atoms with Crippen LogP contribution in [0.25, 0.3) is 0 Å². The Morgan fingerprint density at radius 2 is 2.38 bits per heavy atom. The summed E-state index contributed by atoms with van der Waals surface area (Å²) in [7, 11) is 0. The molecule has 1 amide bonds. The molecule has 1 atom stereocenters. The normalized spacial score (nSPS) is 12.2. The molecule has 3 nitrogen and oxygen atoms in total. The average molecular weight is 306 g/mol. The maximum Gasteiger partial charge on any atom is 0.252 e. The first-order valence-electron chi connectivity index (χ1n) is 5.16. The van der Waals surface area contributed by atoms with E-state index in [-0.39, 0.29) is 11.3 Å². The lowest BCUT2D eigenvalue weighted by molar-refractivity contribution is 0.0952. The minimum atomic E-state index is -0.117. The number of carbonyl (C=O) groups is 1.